The number of hydrogen-bond acceptors (Lipinski definition) is 7. The van der Waals surface area contributed by atoms with Gasteiger partial charge in [-0.3, -0.25) is 0 Å². The Morgan fingerprint density at radius 3 is 2.56 bits per heavy atom. The first-order chi connectivity index (χ1) is 13.1. The van der Waals surface area contributed by atoms with Crippen LogP contribution < -0.4 is 10.1 Å². The van der Waals surface area contributed by atoms with Crippen molar-refractivity contribution < 1.29 is 22.3 Å². The molecule has 142 valence electrons. The number of methoxy groups -OCH3 is 1. The molecule has 4 rings (SSSR count). The average Bonchev–Trinajstić information content (AvgIpc) is 3.10. The monoisotopic (exact) mass is 389 g/mol. The summed E-state index contributed by atoms with van der Waals surface area (Å²) in [6.45, 7) is 1.51. The number of nitrogens with zero attached hydrogens (tertiary/aromatic N) is 2. The maximum atomic E-state index is 12.8. The van der Waals surface area contributed by atoms with E-state index in [4.69, 9.17) is 13.9 Å². The zero-order valence-electron chi connectivity index (χ0n) is 14.7. The number of nitrogens with one attached hydrogen (secondary N) is 1. The van der Waals surface area contributed by atoms with Gasteiger partial charge in [-0.1, -0.05) is 0 Å². The lowest BCUT2D eigenvalue weighted by Crippen LogP contribution is -2.40. The van der Waals surface area contributed by atoms with Crippen LogP contribution in [0.3, 0.4) is 0 Å². The van der Waals surface area contributed by atoms with Gasteiger partial charge < -0.3 is 19.2 Å². The fourth-order valence-electron chi connectivity index (χ4n) is 2.86. The van der Waals surface area contributed by atoms with Gasteiger partial charge in [0.1, 0.15) is 11.3 Å². The molecule has 1 fully saturated rings. The maximum absolute atomic E-state index is 12.8. The van der Waals surface area contributed by atoms with Gasteiger partial charge in [-0.05, 0) is 42.5 Å². The molecule has 9 heteroatoms. The van der Waals surface area contributed by atoms with Crippen LogP contribution in [0.1, 0.15) is 0 Å². The smallest absolute Gasteiger partial charge is 0.300 e. The third kappa shape index (κ3) is 3.61. The number of morpholine rings is 1. The molecule has 0 spiro atoms. The van der Waals surface area contributed by atoms with Gasteiger partial charge in [0.15, 0.2) is 5.58 Å². The zero-order chi connectivity index (χ0) is 18.9. The van der Waals surface area contributed by atoms with Crippen LogP contribution >= 0.6 is 0 Å². The molecule has 3 aromatic rings. The second-order valence-corrected chi connectivity index (χ2v) is 7.96. The van der Waals surface area contributed by atoms with Crippen LogP contribution in [0, 0.1) is 0 Å². The molecule has 0 aliphatic carbocycles. The van der Waals surface area contributed by atoms with Crippen LogP contribution in [-0.2, 0) is 14.8 Å². The quantitative estimate of drug-likeness (QED) is 0.717. The number of aromatic nitrogens is 1. The van der Waals surface area contributed by atoms with Crippen molar-refractivity contribution in [1.82, 2.24) is 9.29 Å². The van der Waals surface area contributed by atoms with E-state index in [0.717, 1.165) is 11.4 Å². The van der Waals surface area contributed by atoms with Crippen molar-refractivity contribution in [3.8, 4) is 5.75 Å². The van der Waals surface area contributed by atoms with Gasteiger partial charge >= 0.3 is 0 Å². The Kier molecular flexibility index (Phi) is 4.73. The van der Waals surface area contributed by atoms with E-state index in [1.807, 2.05) is 24.3 Å². The van der Waals surface area contributed by atoms with E-state index >= 15 is 0 Å². The number of oxazole rings is 1. The number of rotatable bonds is 5. The predicted octanol–water partition coefficient (Wildman–Crippen LogP) is 2.60. The average molecular weight is 389 g/mol. The predicted molar refractivity (Wildman–Crippen MR) is 99.9 cm³/mol. The van der Waals surface area contributed by atoms with Crippen molar-refractivity contribution in [2.45, 2.75) is 4.90 Å². The first-order valence-electron chi connectivity index (χ1n) is 8.46. The summed E-state index contributed by atoms with van der Waals surface area (Å²) in [5.41, 5.74) is 1.76. The molecule has 1 aliphatic heterocycles. The van der Waals surface area contributed by atoms with Gasteiger partial charge in [0.25, 0.3) is 6.01 Å². The second kappa shape index (κ2) is 7.18. The first-order valence-corrected chi connectivity index (χ1v) is 9.90. The van der Waals surface area contributed by atoms with E-state index in [1.165, 1.54) is 16.4 Å². The number of hydrogen-bond donors (Lipinski definition) is 1. The van der Waals surface area contributed by atoms with Crippen molar-refractivity contribution in [2.24, 2.45) is 0 Å². The highest BCUT2D eigenvalue weighted by Crippen LogP contribution is 2.26. The lowest BCUT2D eigenvalue weighted by Gasteiger charge is -2.25. The zero-order valence-corrected chi connectivity index (χ0v) is 15.5. The van der Waals surface area contributed by atoms with Crippen LogP contribution in [0.25, 0.3) is 11.1 Å². The summed E-state index contributed by atoms with van der Waals surface area (Å²) in [4.78, 5) is 4.55. The number of sulfonamides is 1. The number of ether oxygens (including phenoxy) is 2. The summed E-state index contributed by atoms with van der Waals surface area (Å²) in [5.74, 6) is 0.746. The summed E-state index contributed by atoms with van der Waals surface area (Å²) in [6.07, 6.45) is 0. The number of anilines is 2. The normalized spacial score (nSPS) is 15.7. The van der Waals surface area contributed by atoms with Crippen LogP contribution in [0.15, 0.2) is 51.8 Å². The summed E-state index contributed by atoms with van der Waals surface area (Å²) >= 11 is 0. The summed E-state index contributed by atoms with van der Waals surface area (Å²) < 4.78 is 43.0. The molecule has 1 N–H and O–H groups in total. The van der Waals surface area contributed by atoms with Crippen molar-refractivity contribution in [3.05, 3.63) is 42.5 Å². The molecule has 0 unspecified atom stereocenters. The molecule has 1 saturated heterocycles. The Hall–Kier alpha value is -2.62. The minimum atomic E-state index is -3.57. The molecule has 0 saturated carbocycles. The summed E-state index contributed by atoms with van der Waals surface area (Å²) in [5, 5.41) is 3.06. The maximum Gasteiger partial charge on any atom is 0.300 e. The van der Waals surface area contributed by atoms with Crippen molar-refractivity contribution in [1.29, 1.82) is 0 Å². The Morgan fingerprint density at radius 1 is 1.11 bits per heavy atom. The van der Waals surface area contributed by atoms with E-state index in [-0.39, 0.29) is 10.9 Å². The minimum absolute atomic E-state index is 0.196. The van der Waals surface area contributed by atoms with Gasteiger partial charge in [-0.25, -0.2) is 8.42 Å². The van der Waals surface area contributed by atoms with Crippen molar-refractivity contribution in [3.63, 3.8) is 0 Å². The molecule has 0 atom stereocenters. The van der Waals surface area contributed by atoms with Crippen molar-refractivity contribution >= 4 is 32.8 Å². The number of fused-ring (bicyclic) bond motifs is 1. The van der Waals surface area contributed by atoms with E-state index in [9.17, 15) is 8.42 Å². The van der Waals surface area contributed by atoms with E-state index in [2.05, 4.69) is 10.3 Å². The molecule has 8 nitrogen and oxygen atoms in total. The molecule has 0 radical (unpaired) electrons. The molecule has 27 heavy (non-hydrogen) atoms. The van der Waals surface area contributed by atoms with E-state index in [1.54, 1.807) is 13.2 Å². The Balaban J connectivity index is 1.59. The van der Waals surface area contributed by atoms with E-state index < -0.39 is 10.0 Å². The van der Waals surface area contributed by atoms with Gasteiger partial charge in [0.2, 0.25) is 10.0 Å². The van der Waals surface area contributed by atoms with Crippen molar-refractivity contribution in [2.75, 3.05) is 38.7 Å². The molecule has 0 amide bonds. The standard InChI is InChI=1S/C18H19N3O5S/c1-24-14-4-2-13(3-5-14)19-18-20-16-12-15(6-7-17(16)26-18)27(22,23)21-8-10-25-11-9-21/h2-7,12H,8-11H2,1H3,(H,19,20). The lowest BCUT2D eigenvalue weighted by molar-refractivity contribution is 0.0730. The van der Waals surface area contributed by atoms with Gasteiger partial charge in [-0.15, -0.1) is 0 Å². The van der Waals surface area contributed by atoms with Crippen LogP contribution in [0.2, 0.25) is 0 Å². The SMILES string of the molecule is COc1ccc(Nc2nc3cc(S(=O)(=O)N4CCOCC4)ccc3o2)cc1. The van der Waals surface area contributed by atoms with Crippen LogP contribution in [0.5, 0.6) is 5.75 Å². The Bertz CT molecular complexity index is 1040. The number of benzene rings is 2. The Labute approximate surface area is 156 Å². The third-order valence-electron chi connectivity index (χ3n) is 4.31. The Morgan fingerprint density at radius 2 is 1.85 bits per heavy atom. The highest BCUT2D eigenvalue weighted by Gasteiger charge is 2.27. The fourth-order valence-corrected chi connectivity index (χ4v) is 4.28. The molecule has 0 bridgehead atoms. The molecule has 2 aromatic carbocycles. The van der Waals surface area contributed by atoms with Gasteiger partial charge in [0.05, 0.1) is 25.2 Å². The van der Waals surface area contributed by atoms with Gasteiger partial charge in [-0.2, -0.15) is 9.29 Å². The summed E-state index contributed by atoms with van der Waals surface area (Å²) in [7, 11) is -1.97. The molecular formula is C18H19N3O5S. The van der Waals surface area contributed by atoms with Gasteiger partial charge in [0, 0.05) is 18.8 Å². The lowest BCUT2D eigenvalue weighted by atomic mass is 10.3. The molecule has 1 aliphatic rings. The third-order valence-corrected chi connectivity index (χ3v) is 6.20. The fraction of sp³-hybridized carbons (Fsp3) is 0.278. The summed E-state index contributed by atoms with van der Waals surface area (Å²) in [6, 6.07) is 12.3. The minimum Gasteiger partial charge on any atom is -0.497 e. The highest BCUT2D eigenvalue weighted by molar-refractivity contribution is 7.89. The first kappa shape index (κ1) is 17.8. The molecule has 1 aromatic heterocycles. The highest BCUT2D eigenvalue weighted by atomic mass is 32.2. The van der Waals surface area contributed by atoms with E-state index in [0.29, 0.717) is 37.4 Å². The largest absolute Gasteiger partial charge is 0.497 e. The second-order valence-electron chi connectivity index (χ2n) is 6.02. The topological polar surface area (TPSA) is 93.9 Å². The van der Waals surface area contributed by atoms with Crippen LogP contribution in [0.4, 0.5) is 11.7 Å². The molecular weight excluding hydrogens is 370 g/mol. The van der Waals surface area contributed by atoms with Crippen LogP contribution in [-0.4, -0.2) is 51.1 Å². The molecule has 2 heterocycles.